The Morgan fingerprint density at radius 2 is 2.00 bits per heavy atom. The number of thiazole rings is 1. The number of aryl methyl sites for hydroxylation is 1. The highest BCUT2D eigenvalue weighted by atomic mass is 35.5. The van der Waals surface area contributed by atoms with Crippen LogP contribution >= 0.6 is 22.9 Å². The van der Waals surface area contributed by atoms with Crippen LogP contribution in [-0.2, 0) is 14.8 Å². The molecule has 0 saturated carbocycles. The lowest BCUT2D eigenvalue weighted by Gasteiger charge is -2.21. The normalized spacial score (nSPS) is 15.8. The largest absolute Gasteiger partial charge is 0.368 e. The number of aromatic nitrogens is 2. The van der Waals surface area contributed by atoms with Gasteiger partial charge in [0.1, 0.15) is 6.04 Å². The Labute approximate surface area is 205 Å². The standard InChI is InChI=1S/C21H21ClN6O4S2/c1-12-17(33-20(25-12)26-21(30)28-9-5-8-16(28)19(23)29)13-10-15(18(22)24-11-13)27-34(31,32)14-6-3-2-4-7-14/h2-4,6-7,10-11,16,27H,5,8-9H2,1H3,(H2,23,29)(H,25,26,30)/t16-/m0/s1. The number of carbonyl (C=O) groups excluding carboxylic acids is 2. The monoisotopic (exact) mass is 520 g/mol. The first-order chi connectivity index (χ1) is 16.2. The summed E-state index contributed by atoms with van der Waals surface area (Å²) in [6.07, 6.45) is 2.72. The van der Waals surface area contributed by atoms with Crippen LogP contribution in [0.5, 0.6) is 0 Å². The number of hydrogen-bond acceptors (Lipinski definition) is 7. The van der Waals surface area contributed by atoms with Crippen molar-refractivity contribution in [1.82, 2.24) is 14.9 Å². The van der Waals surface area contributed by atoms with Gasteiger partial charge in [-0.2, -0.15) is 0 Å². The lowest BCUT2D eigenvalue weighted by atomic mass is 10.2. The predicted octanol–water partition coefficient (Wildman–Crippen LogP) is 3.45. The average molecular weight is 521 g/mol. The van der Waals surface area contributed by atoms with E-state index in [2.05, 4.69) is 20.0 Å². The van der Waals surface area contributed by atoms with E-state index in [0.29, 0.717) is 40.7 Å². The first-order valence-corrected chi connectivity index (χ1v) is 12.9. The molecule has 34 heavy (non-hydrogen) atoms. The molecular formula is C21H21ClN6O4S2. The average Bonchev–Trinajstić information content (AvgIpc) is 3.43. The minimum absolute atomic E-state index is 0.00882. The lowest BCUT2D eigenvalue weighted by Crippen LogP contribution is -2.45. The van der Waals surface area contributed by atoms with Crippen molar-refractivity contribution in [3.8, 4) is 10.4 Å². The molecule has 2 aromatic heterocycles. The number of rotatable bonds is 6. The number of nitrogens with zero attached hydrogens (tertiary/aromatic N) is 3. The highest BCUT2D eigenvalue weighted by molar-refractivity contribution is 7.92. The van der Waals surface area contributed by atoms with Gasteiger partial charge in [0, 0.05) is 18.3 Å². The minimum atomic E-state index is -3.86. The molecule has 1 aromatic carbocycles. The third-order valence-electron chi connectivity index (χ3n) is 5.25. The summed E-state index contributed by atoms with van der Waals surface area (Å²) >= 11 is 7.34. The van der Waals surface area contributed by atoms with Gasteiger partial charge in [0.2, 0.25) is 5.91 Å². The van der Waals surface area contributed by atoms with Crippen LogP contribution in [0.2, 0.25) is 5.15 Å². The highest BCUT2D eigenvalue weighted by Gasteiger charge is 2.33. The lowest BCUT2D eigenvalue weighted by molar-refractivity contribution is -0.121. The summed E-state index contributed by atoms with van der Waals surface area (Å²) in [5, 5.41) is 3.03. The molecule has 1 saturated heterocycles. The Kier molecular flexibility index (Phi) is 6.73. The second-order valence-corrected chi connectivity index (χ2v) is 10.6. The fourth-order valence-corrected chi connectivity index (χ4v) is 5.86. The van der Waals surface area contributed by atoms with Gasteiger partial charge in [-0.25, -0.2) is 23.2 Å². The molecule has 3 heterocycles. The first-order valence-electron chi connectivity index (χ1n) is 10.2. The van der Waals surface area contributed by atoms with E-state index in [4.69, 9.17) is 17.3 Å². The van der Waals surface area contributed by atoms with Crippen LogP contribution in [0.3, 0.4) is 0 Å². The second-order valence-electron chi connectivity index (χ2n) is 7.60. The van der Waals surface area contributed by atoms with Gasteiger partial charge in [0.25, 0.3) is 10.0 Å². The molecule has 1 atom stereocenters. The van der Waals surface area contributed by atoms with Crippen LogP contribution < -0.4 is 15.8 Å². The molecule has 4 rings (SSSR count). The van der Waals surface area contributed by atoms with Crippen molar-refractivity contribution in [3.63, 3.8) is 0 Å². The Morgan fingerprint density at radius 3 is 2.71 bits per heavy atom. The van der Waals surface area contributed by atoms with Crippen LogP contribution in [0.1, 0.15) is 18.5 Å². The minimum Gasteiger partial charge on any atom is -0.368 e. The molecule has 13 heteroatoms. The number of hydrogen-bond donors (Lipinski definition) is 3. The summed E-state index contributed by atoms with van der Waals surface area (Å²) in [5.41, 5.74) is 6.68. The molecule has 10 nitrogen and oxygen atoms in total. The highest BCUT2D eigenvalue weighted by Crippen LogP contribution is 2.36. The summed E-state index contributed by atoms with van der Waals surface area (Å²) in [5.74, 6) is -0.540. The number of urea groups is 1. The molecule has 3 aromatic rings. The number of carbonyl (C=O) groups is 2. The van der Waals surface area contributed by atoms with E-state index in [1.54, 1.807) is 31.2 Å². The molecule has 0 aliphatic carbocycles. The predicted molar refractivity (Wildman–Crippen MR) is 130 cm³/mol. The fourth-order valence-electron chi connectivity index (χ4n) is 3.63. The number of nitrogens with two attached hydrogens (primary N) is 1. The van der Waals surface area contributed by atoms with Crippen LogP contribution in [0.25, 0.3) is 10.4 Å². The van der Waals surface area contributed by atoms with Crippen LogP contribution in [0.4, 0.5) is 15.6 Å². The van der Waals surface area contributed by atoms with Crippen LogP contribution in [-0.4, -0.2) is 47.8 Å². The van der Waals surface area contributed by atoms with Crippen LogP contribution in [0.15, 0.2) is 47.5 Å². The van der Waals surface area contributed by atoms with Crippen molar-refractivity contribution in [2.75, 3.05) is 16.6 Å². The maximum Gasteiger partial charge on any atom is 0.324 e. The van der Waals surface area contributed by atoms with E-state index in [1.807, 2.05) is 0 Å². The molecular weight excluding hydrogens is 500 g/mol. The number of anilines is 2. The van der Waals surface area contributed by atoms with E-state index in [9.17, 15) is 18.0 Å². The molecule has 3 amide bonds. The van der Waals surface area contributed by atoms with E-state index in [-0.39, 0.29) is 15.7 Å². The van der Waals surface area contributed by atoms with Crippen molar-refractivity contribution in [1.29, 1.82) is 0 Å². The topological polar surface area (TPSA) is 147 Å². The van der Waals surface area contributed by atoms with Gasteiger partial charge in [-0.3, -0.25) is 14.8 Å². The molecule has 178 valence electrons. The van der Waals surface area contributed by atoms with Gasteiger partial charge in [-0.1, -0.05) is 41.1 Å². The Bertz CT molecular complexity index is 1350. The molecule has 0 spiro atoms. The Hall–Kier alpha value is -3.22. The summed E-state index contributed by atoms with van der Waals surface area (Å²) in [6, 6.07) is 8.37. The van der Waals surface area contributed by atoms with Gasteiger partial charge in [0.05, 0.1) is 21.2 Å². The Balaban J connectivity index is 1.56. The van der Waals surface area contributed by atoms with Crippen molar-refractivity contribution in [2.24, 2.45) is 5.73 Å². The van der Waals surface area contributed by atoms with Gasteiger partial charge in [0.15, 0.2) is 10.3 Å². The zero-order valence-electron chi connectivity index (χ0n) is 18.0. The molecule has 4 N–H and O–H groups in total. The van der Waals surface area contributed by atoms with Gasteiger partial charge in [-0.15, -0.1) is 0 Å². The molecule has 0 bridgehead atoms. The number of amides is 3. The second kappa shape index (κ2) is 9.57. The molecule has 1 aliphatic heterocycles. The maximum atomic E-state index is 12.7. The number of sulfonamides is 1. The zero-order chi connectivity index (χ0) is 24.5. The molecule has 0 radical (unpaired) electrons. The third kappa shape index (κ3) is 4.98. The summed E-state index contributed by atoms with van der Waals surface area (Å²) < 4.78 is 27.9. The summed E-state index contributed by atoms with van der Waals surface area (Å²) in [7, 11) is -3.86. The number of likely N-dealkylation sites (tertiary alicyclic amines) is 1. The van der Waals surface area contributed by atoms with E-state index >= 15 is 0 Å². The van der Waals surface area contributed by atoms with E-state index < -0.39 is 28.0 Å². The van der Waals surface area contributed by atoms with Gasteiger partial charge >= 0.3 is 6.03 Å². The van der Waals surface area contributed by atoms with Gasteiger partial charge < -0.3 is 10.6 Å². The quantitative estimate of drug-likeness (QED) is 0.424. The Morgan fingerprint density at radius 1 is 1.26 bits per heavy atom. The number of pyridine rings is 1. The number of nitrogens with one attached hydrogen (secondary N) is 2. The molecule has 1 aliphatic rings. The van der Waals surface area contributed by atoms with Crippen molar-refractivity contribution < 1.29 is 18.0 Å². The van der Waals surface area contributed by atoms with Crippen molar-refractivity contribution in [3.05, 3.63) is 53.4 Å². The van der Waals surface area contributed by atoms with Crippen LogP contribution in [0, 0.1) is 6.92 Å². The third-order valence-corrected chi connectivity index (χ3v) is 8.06. The maximum absolute atomic E-state index is 12.7. The van der Waals surface area contributed by atoms with E-state index in [0.717, 1.165) is 0 Å². The van der Waals surface area contributed by atoms with Crippen molar-refractivity contribution in [2.45, 2.75) is 30.7 Å². The van der Waals surface area contributed by atoms with Gasteiger partial charge in [-0.05, 0) is 38.0 Å². The SMILES string of the molecule is Cc1nc(NC(=O)N2CCC[C@H]2C(N)=O)sc1-c1cnc(Cl)c(NS(=O)(=O)c2ccccc2)c1. The fraction of sp³-hybridized carbons (Fsp3) is 0.238. The first kappa shape index (κ1) is 23.9. The smallest absolute Gasteiger partial charge is 0.324 e. The van der Waals surface area contributed by atoms with E-state index in [1.165, 1.54) is 34.6 Å². The molecule has 0 unspecified atom stereocenters. The zero-order valence-corrected chi connectivity index (χ0v) is 20.4. The number of halogens is 1. The summed E-state index contributed by atoms with van der Waals surface area (Å²) in [4.78, 5) is 34.9. The molecule has 1 fully saturated rings. The number of benzene rings is 1. The summed E-state index contributed by atoms with van der Waals surface area (Å²) in [6.45, 7) is 2.19. The number of primary amides is 1. The van der Waals surface area contributed by atoms with Crippen molar-refractivity contribution >= 4 is 55.7 Å².